The largest absolute Gasteiger partial charge is 0.388 e. The van der Waals surface area contributed by atoms with Crippen molar-refractivity contribution in [2.75, 3.05) is 6.54 Å². The molecule has 0 radical (unpaired) electrons. The third-order valence-electron chi connectivity index (χ3n) is 4.91. The molecule has 3 aliphatic rings. The monoisotopic (exact) mass is 289 g/mol. The second-order valence-corrected chi connectivity index (χ2v) is 6.55. The molecular formula is C15H19N3O3. The number of carbonyl (C=O) groups excluding carboxylic acids is 1. The van der Waals surface area contributed by atoms with E-state index < -0.39 is 5.60 Å². The van der Waals surface area contributed by atoms with Gasteiger partial charge in [0, 0.05) is 18.7 Å². The van der Waals surface area contributed by atoms with Crippen LogP contribution >= 0.6 is 0 Å². The number of hydrogen-bond acceptors (Lipinski definition) is 4. The zero-order valence-corrected chi connectivity index (χ0v) is 11.8. The summed E-state index contributed by atoms with van der Waals surface area (Å²) in [6, 6.07) is -0.146. The molecule has 1 aromatic rings. The van der Waals surface area contributed by atoms with Crippen LogP contribution in [0.3, 0.4) is 0 Å². The predicted octanol–water partition coefficient (Wildman–Crippen LogP) is 0.777. The molecule has 0 bridgehead atoms. The summed E-state index contributed by atoms with van der Waals surface area (Å²) in [6.45, 7) is 0.607. The van der Waals surface area contributed by atoms with E-state index in [1.165, 1.54) is 6.20 Å². The summed E-state index contributed by atoms with van der Waals surface area (Å²) in [5.41, 5.74) is -0.985. The fraction of sp³-hybridized carbons (Fsp3) is 0.667. The van der Waals surface area contributed by atoms with Crippen molar-refractivity contribution in [3.05, 3.63) is 27.9 Å². The van der Waals surface area contributed by atoms with Gasteiger partial charge in [-0.25, -0.2) is 4.98 Å². The van der Waals surface area contributed by atoms with E-state index in [1.807, 2.05) is 0 Å². The summed E-state index contributed by atoms with van der Waals surface area (Å²) in [5.74, 6) is 0.748. The lowest BCUT2D eigenvalue weighted by molar-refractivity contribution is 0.0385. The molecule has 1 atom stereocenters. The first-order chi connectivity index (χ1) is 10.1. The number of carbonyl (C=O) groups is 1. The lowest BCUT2D eigenvalue weighted by Crippen LogP contribution is -2.45. The first kappa shape index (κ1) is 13.0. The zero-order chi connectivity index (χ0) is 14.6. The maximum atomic E-state index is 12.6. The SMILES string of the molecule is O=C(c1cnc(C2CC2)[nH]c1=O)N1CCCC1C1(O)CC1. The summed E-state index contributed by atoms with van der Waals surface area (Å²) in [6.07, 6.45) is 6.70. The Morgan fingerprint density at radius 3 is 2.76 bits per heavy atom. The summed E-state index contributed by atoms with van der Waals surface area (Å²) < 4.78 is 0. The fourth-order valence-electron chi connectivity index (χ4n) is 3.31. The molecule has 3 fully saturated rings. The summed E-state index contributed by atoms with van der Waals surface area (Å²) in [4.78, 5) is 33.4. The highest BCUT2D eigenvalue weighted by Crippen LogP contribution is 2.44. The van der Waals surface area contributed by atoms with Gasteiger partial charge in [-0.15, -0.1) is 0 Å². The van der Waals surface area contributed by atoms with Crippen molar-refractivity contribution in [1.29, 1.82) is 0 Å². The van der Waals surface area contributed by atoms with Gasteiger partial charge in [-0.05, 0) is 38.5 Å². The molecule has 0 aromatic carbocycles. The Bertz CT molecular complexity index is 646. The smallest absolute Gasteiger partial charge is 0.263 e. The van der Waals surface area contributed by atoms with Crippen LogP contribution in [0.4, 0.5) is 0 Å². The van der Waals surface area contributed by atoms with E-state index in [9.17, 15) is 14.7 Å². The number of amides is 1. The number of nitrogens with one attached hydrogen (secondary N) is 1. The van der Waals surface area contributed by atoms with E-state index in [0.717, 1.165) is 38.5 Å². The number of aliphatic hydroxyl groups is 1. The first-order valence-electron chi connectivity index (χ1n) is 7.71. The van der Waals surface area contributed by atoms with Crippen molar-refractivity contribution in [1.82, 2.24) is 14.9 Å². The maximum absolute atomic E-state index is 12.6. The molecule has 6 nitrogen and oxygen atoms in total. The molecule has 4 rings (SSSR count). The van der Waals surface area contributed by atoms with Crippen LogP contribution in [-0.4, -0.2) is 44.1 Å². The molecule has 0 spiro atoms. The minimum atomic E-state index is -0.722. The molecule has 1 aromatic heterocycles. The molecule has 2 heterocycles. The van der Waals surface area contributed by atoms with Gasteiger partial charge in [-0.1, -0.05) is 0 Å². The van der Waals surface area contributed by atoms with Crippen molar-refractivity contribution in [2.24, 2.45) is 0 Å². The number of nitrogens with zero attached hydrogens (tertiary/aromatic N) is 2. The Balaban J connectivity index is 1.60. The quantitative estimate of drug-likeness (QED) is 0.861. The van der Waals surface area contributed by atoms with Crippen LogP contribution in [0.2, 0.25) is 0 Å². The van der Waals surface area contributed by atoms with Crippen molar-refractivity contribution in [3.8, 4) is 0 Å². The van der Waals surface area contributed by atoms with Gasteiger partial charge in [-0.3, -0.25) is 9.59 Å². The van der Waals surface area contributed by atoms with Crippen LogP contribution < -0.4 is 5.56 Å². The van der Waals surface area contributed by atoms with Crippen LogP contribution in [0.1, 0.15) is 60.6 Å². The highest BCUT2D eigenvalue weighted by molar-refractivity contribution is 5.94. The molecule has 112 valence electrons. The van der Waals surface area contributed by atoms with Gasteiger partial charge in [0.1, 0.15) is 11.4 Å². The number of likely N-dealkylation sites (tertiary alicyclic amines) is 1. The highest BCUT2D eigenvalue weighted by atomic mass is 16.3. The van der Waals surface area contributed by atoms with E-state index in [2.05, 4.69) is 9.97 Å². The molecule has 1 saturated heterocycles. The van der Waals surface area contributed by atoms with E-state index in [-0.39, 0.29) is 23.1 Å². The molecule has 1 amide bonds. The van der Waals surface area contributed by atoms with Gasteiger partial charge in [-0.2, -0.15) is 0 Å². The molecule has 2 N–H and O–H groups in total. The van der Waals surface area contributed by atoms with E-state index in [0.29, 0.717) is 18.3 Å². The van der Waals surface area contributed by atoms with Crippen molar-refractivity contribution >= 4 is 5.91 Å². The number of aromatic nitrogens is 2. The number of aromatic amines is 1. The predicted molar refractivity (Wildman–Crippen MR) is 75.1 cm³/mol. The van der Waals surface area contributed by atoms with Crippen LogP contribution in [0, 0.1) is 0 Å². The second kappa shape index (κ2) is 4.40. The fourth-order valence-corrected chi connectivity index (χ4v) is 3.31. The Labute approximate surface area is 122 Å². The van der Waals surface area contributed by atoms with Crippen LogP contribution in [0.5, 0.6) is 0 Å². The van der Waals surface area contributed by atoms with Gasteiger partial charge in [0.15, 0.2) is 0 Å². The minimum Gasteiger partial charge on any atom is -0.388 e. The summed E-state index contributed by atoms with van der Waals surface area (Å²) >= 11 is 0. The zero-order valence-electron chi connectivity index (χ0n) is 11.8. The minimum absolute atomic E-state index is 0.0931. The van der Waals surface area contributed by atoms with Gasteiger partial charge in [0.05, 0.1) is 11.6 Å². The van der Waals surface area contributed by atoms with Gasteiger partial charge >= 0.3 is 0 Å². The Morgan fingerprint density at radius 1 is 1.38 bits per heavy atom. The summed E-state index contributed by atoms with van der Waals surface area (Å²) in [5, 5.41) is 10.3. The molecular weight excluding hydrogens is 270 g/mol. The molecule has 6 heteroatoms. The van der Waals surface area contributed by atoms with Crippen LogP contribution in [0.25, 0.3) is 0 Å². The molecule has 2 saturated carbocycles. The first-order valence-corrected chi connectivity index (χ1v) is 7.71. The molecule has 1 unspecified atom stereocenters. The third-order valence-corrected chi connectivity index (χ3v) is 4.91. The third kappa shape index (κ3) is 2.18. The van der Waals surface area contributed by atoms with E-state index >= 15 is 0 Å². The van der Waals surface area contributed by atoms with Crippen LogP contribution in [-0.2, 0) is 0 Å². The number of rotatable bonds is 3. The maximum Gasteiger partial charge on any atom is 0.263 e. The van der Waals surface area contributed by atoms with Gasteiger partial charge in [0.25, 0.3) is 11.5 Å². The van der Waals surface area contributed by atoms with Crippen LogP contribution in [0.15, 0.2) is 11.0 Å². The van der Waals surface area contributed by atoms with E-state index in [4.69, 9.17) is 0 Å². The van der Waals surface area contributed by atoms with Crippen molar-refractivity contribution < 1.29 is 9.90 Å². The van der Waals surface area contributed by atoms with Crippen molar-refractivity contribution in [3.63, 3.8) is 0 Å². The second-order valence-electron chi connectivity index (χ2n) is 6.55. The number of hydrogen-bond donors (Lipinski definition) is 2. The number of H-pyrrole nitrogens is 1. The topological polar surface area (TPSA) is 86.3 Å². The molecule has 21 heavy (non-hydrogen) atoms. The average Bonchev–Trinajstić information content (AvgIpc) is 3.39. The Kier molecular flexibility index (Phi) is 2.73. The highest BCUT2D eigenvalue weighted by Gasteiger charge is 2.52. The summed E-state index contributed by atoms with van der Waals surface area (Å²) in [7, 11) is 0. The van der Waals surface area contributed by atoms with Crippen molar-refractivity contribution in [2.45, 2.75) is 56.1 Å². The van der Waals surface area contributed by atoms with E-state index in [1.54, 1.807) is 4.90 Å². The van der Waals surface area contributed by atoms with Gasteiger partial charge in [0.2, 0.25) is 0 Å². The molecule has 2 aliphatic carbocycles. The normalized spacial score (nSPS) is 26.9. The lowest BCUT2D eigenvalue weighted by Gasteiger charge is -2.28. The Morgan fingerprint density at radius 2 is 2.14 bits per heavy atom. The average molecular weight is 289 g/mol. The lowest BCUT2D eigenvalue weighted by atomic mass is 10.1. The van der Waals surface area contributed by atoms with Gasteiger partial charge < -0.3 is 15.0 Å². The Hall–Kier alpha value is -1.69. The standard InChI is InChI=1S/C15H19N3O3/c19-13-10(8-16-12(17-13)9-3-4-9)14(20)18-7-1-2-11(18)15(21)5-6-15/h8-9,11,21H,1-7H2,(H,16,17,19). The molecule has 1 aliphatic heterocycles.